The number of benzene rings is 2. The summed E-state index contributed by atoms with van der Waals surface area (Å²) in [5.41, 5.74) is 7.94. The van der Waals surface area contributed by atoms with Crippen molar-refractivity contribution >= 4 is 11.9 Å². The molecule has 0 saturated heterocycles. The minimum atomic E-state index is -1.84. The molecule has 0 radical (unpaired) electrons. The third-order valence-corrected chi connectivity index (χ3v) is 8.95. The summed E-state index contributed by atoms with van der Waals surface area (Å²) in [6.07, 6.45) is 4.30. The summed E-state index contributed by atoms with van der Waals surface area (Å²) in [4.78, 5) is 29.2. The SMILES string of the molecule is CCCN(CCC)C(=O)C1(c2cc(F)cc(F)c2)C([C@@H](CC)CNC(C)(C)c2cccc(CC)c2)=C(C)C=C(C(=O)O)[C@H]1N. The number of allylic oxidation sites excluding steroid dienone is 2. The highest BCUT2D eigenvalue weighted by Gasteiger charge is 2.56. The first-order valence-electron chi connectivity index (χ1n) is 15.8. The minimum Gasteiger partial charge on any atom is -0.478 e. The van der Waals surface area contributed by atoms with Crippen LogP contribution in [0.1, 0.15) is 84.4 Å². The van der Waals surface area contributed by atoms with Crippen molar-refractivity contribution in [2.45, 2.75) is 91.1 Å². The summed E-state index contributed by atoms with van der Waals surface area (Å²) in [6, 6.07) is 10.0. The monoisotopic (exact) mass is 609 g/mol. The van der Waals surface area contributed by atoms with Crippen LogP contribution in [-0.4, -0.2) is 47.6 Å². The van der Waals surface area contributed by atoms with Gasteiger partial charge in [0.15, 0.2) is 0 Å². The molecule has 6 nitrogen and oxygen atoms in total. The van der Waals surface area contributed by atoms with Crippen LogP contribution in [-0.2, 0) is 27.0 Å². The quantitative estimate of drug-likeness (QED) is 0.223. The highest BCUT2D eigenvalue weighted by atomic mass is 19.1. The van der Waals surface area contributed by atoms with Crippen molar-refractivity contribution in [3.05, 3.63) is 93.6 Å². The highest BCUT2D eigenvalue weighted by molar-refractivity contribution is 5.99. The Labute approximate surface area is 261 Å². The Kier molecular flexibility index (Phi) is 11.7. The maximum Gasteiger partial charge on any atom is 0.333 e. The van der Waals surface area contributed by atoms with E-state index < -0.39 is 40.5 Å². The fourth-order valence-electron chi connectivity index (χ4n) is 6.65. The zero-order chi connectivity index (χ0) is 32.8. The number of rotatable bonds is 14. The van der Waals surface area contributed by atoms with Crippen molar-refractivity contribution in [3.63, 3.8) is 0 Å². The molecule has 44 heavy (non-hydrogen) atoms. The van der Waals surface area contributed by atoms with E-state index in [0.29, 0.717) is 50.0 Å². The number of halogens is 2. The van der Waals surface area contributed by atoms with E-state index in [0.717, 1.165) is 30.2 Å². The first-order valence-corrected chi connectivity index (χ1v) is 15.8. The van der Waals surface area contributed by atoms with Crippen LogP contribution < -0.4 is 11.1 Å². The Bertz CT molecular complexity index is 1390. The molecule has 1 unspecified atom stereocenters. The van der Waals surface area contributed by atoms with E-state index in [9.17, 15) is 23.5 Å². The number of aliphatic carboxylic acids is 1. The van der Waals surface area contributed by atoms with Crippen LogP contribution in [0.4, 0.5) is 8.78 Å². The smallest absolute Gasteiger partial charge is 0.333 e. The van der Waals surface area contributed by atoms with Crippen LogP contribution in [0.5, 0.6) is 0 Å². The lowest BCUT2D eigenvalue weighted by Gasteiger charge is -2.48. The van der Waals surface area contributed by atoms with Crippen LogP contribution in [0.2, 0.25) is 0 Å². The van der Waals surface area contributed by atoms with Crippen LogP contribution in [0, 0.1) is 17.6 Å². The molecule has 0 fully saturated rings. The van der Waals surface area contributed by atoms with Gasteiger partial charge in [-0.1, -0.05) is 52.0 Å². The van der Waals surface area contributed by atoms with Crippen molar-refractivity contribution in [3.8, 4) is 0 Å². The summed E-state index contributed by atoms with van der Waals surface area (Å²) < 4.78 is 30.0. The van der Waals surface area contributed by atoms with Gasteiger partial charge in [-0.05, 0) is 98.4 Å². The second-order valence-electron chi connectivity index (χ2n) is 12.4. The van der Waals surface area contributed by atoms with Crippen LogP contribution >= 0.6 is 0 Å². The molecule has 1 aliphatic rings. The van der Waals surface area contributed by atoms with Gasteiger partial charge in [0, 0.05) is 31.2 Å². The van der Waals surface area contributed by atoms with Crippen molar-refractivity contribution in [2.75, 3.05) is 19.6 Å². The molecular formula is C36H49F2N3O3. The molecule has 2 aromatic carbocycles. The molecule has 3 rings (SSSR count). The van der Waals surface area contributed by atoms with Gasteiger partial charge in [-0.3, -0.25) is 4.79 Å². The molecule has 4 N–H and O–H groups in total. The Hall–Kier alpha value is -3.36. The number of carbonyl (C=O) groups is 2. The number of aryl methyl sites for hydroxylation is 1. The Morgan fingerprint density at radius 2 is 1.66 bits per heavy atom. The maximum atomic E-state index is 15.0. The average molecular weight is 610 g/mol. The van der Waals surface area contributed by atoms with Crippen LogP contribution in [0.25, 0.3) is 0 Å². The molecule has 2 aromatic rings. The number of hydrogen-bond donors (Lipinski definition) is 3. The van der Waals surface area contributed by atoms with E-state index in [2.05, 4.69) is 44.3 Å². The third kappa shape index (κ3) is 6.97. The molecule has 240 valence electrons. The van der Waals surface area contributed by atoms with Gasteiger partial charge in [0.1, 0.15) is 17.0 Å². The normalized spacial score (nSPS) is 19.5. The number of nitrogens with zero attached hydrogens (tertiary/aromatic N) is 1. The number of carbonyl (C=O) groups excluding carboxylic acids is 1. The molecule has 3 atom stereocenters. The fraction of sp³-hybridized carbons (Fsp3) is 0.500. The van der Waals surface area contributed by atoms with E-state index in [4.69, 9.17) is 5.73 Å². The lowest BCUT2D eigenvalue weighted by Crippen LogP contribution is -2.62. The van der Waals surface area contributed by atoms with Gasteiger partial charge in [0.05, 0.1) is 11.6 Å². The van der Waals surface area contributed by atoms with Gasteiger partial charge in [0.2, 0.25) is 5.91 Å². The summed E-state index contributed by atoms with van der Waals surface area (Å²) in [5, 5.41) is 13.9. The second-order valence-corrected chi connectivity index (χ2v) is 12.4. The van der Waals surface area contributed by atoms with Gasteiger partial charge in [0.25, 0.3) is 0 Å². The minimum absolute atomic E-state index is 0.0271. The topological polar surface area (TPSA) is 95.7 Å². The lowest BCUT2D eigenvalue weighted by molar-refractivity contribution is -0.137. The van der Waals surface area contributed by atoms with Crippen molar-refractivity contribution in [1.82, 2.24) is 10.2 Å². The van der Waals surface area contributed by atoms with Crippen molar-refractivity contribution in [1.29, 1.82) is 0 Å². The predicted octanol–water partition coefficient (Wildman–Crippen LogP) is 6.63. The van der Waals surface area contributed by atoms with E-state index in [1.807, 2.05) is 26.8 Å². The standard InChI is InChI=1S/C36H49F2N3O3/c1-8-15-41(16-9-2)34(44)36(27-19-28(37)21-29(38)20-27)31(23(5)17-30(32(36)39)33(42)43)25(11-4)22-40-35(6,7)26-14-12-13-24(10-3)18-26/h12-14,17-21,25,32,40H,8-11,15-16,22,39H2,1-7H3,(H,42,43)/t25-,32+,36?/m0/s1. The second kappa shape index (κ2) is 14.6. The summed E-state index contributed by atoms with van der Waals surface area (Å²) in [5.74, 6) is -3.74. The first-order chi connectivity index (χ1) is 20.8. The highest BCUT2D eigenvalue weighted by Crippen LogP contribution is 2.48. The Morgan fingerprint density at radius 1 is 1.05 bits per heavy atom. The number of carboxylic acids is 1. The number of nitrogens with one attached hydrogen (secondary N) is 1. The number of amides is 1. The lowest BCUT2D eigenvalue weighted by atomic mass is 9.58. The van der Waals surface area contributed by atoms with Gasteiger partial charge in [-0.2, -0.15) is 0 Å². The maximum absolute atomic E-state index is 15.0. The number of hydrogen-bond acceptors (Lipinski definition) is 4. The van der Waals surface area contributed by atoms with E-state index >= 15 is 0 Å². The molecule has 1 aliphatic carbocycles. The molecular weight excluding hydrogens is 560 g/mol. The third-order valence-electron chi connectivity index (χ3n) is 8.95. The zero-order valence-corrected chi connectivity index (χ0v) is 27.3. The molecule has 0 aliphatic heterocycles. The molecule has 0 aromatic heterocycles. The summed E-state index contributed by atoms with van der Waals surface area (Å²) >= 11 is 0. The Morgan fingerprint density at radius 3 is 2.18 bits per heavy atom. The van der Waals surface area contributed by atoms with Gasteiger partial charge in [-0.15, -0.1) is 0 Å². The summed E-state index contributed by atoms with van der Waals surface area (Å²) in [6.45, 7) is 15.2. The van der Waals surface area contributed by atoms with Crippen LogP contribution in [0.15, 0.2) is 65.3 Å². The molecule has 0 bridgehead atoms. The Balaban J connectivity index is 2.31. The summed E-state index contributed by atoms with van der Waals surface area (Å²) in [7, 11) is 0. The van der Waals surface area contributed by atoms with Gasteiger partial charge in [-0.25, -0.2) is 13.6 Å². The predicted molar refractivity (Wildman–Crippen MR) is 172 cm³/mol. The first kappa shape index (κ1) is 35.1. The van der Waals surface area contributed by atoms with Gasteiger partial charge < -0.3 is 21.1 Å². The largest absolute Gasteiger partial charge is 0.478 e. The molecule has 1 amide bonds. The molecule has 8 heteroatoms. The van der Waals surface area contributed by atoms with Crippen molar-refractivity contribution in [2.24, 2.45) is 11.7 Å². The number of carboxylic acid groups (broad SMARTS) is 1. The average Bonchev–Trinajstić information content (AvgIpc) is 2.97. The molecule has 0 saturated carbocycles. The molecule has 0 heterocycles. The van der Waals surface area contributed by atoms with Crippen LogP contribution in [0.3, 0.4) is 0 Å². The van der Waals surface area contributed by atoms with Crippen molar-refractivity contribution < 1.29 is 23.5 Å². The zero-order valence-electron chi connectivity index (χ0n) is 27.3. The molecule has 0 spiro atoms. The van der Waals surface area contributed by atoms with Gasteiger partial charge >= 0.3 is 5.97 Å². The fourth-order valence-corrected chi connectivity index (χ4v) is 6.65. The van der Waals surface area contributed by atoms with E-state index in [1.165, 1.54) is 11.6 Å². The van der Waals surface area contributed by atoms with E-state index in [-0.39, 0.29) is 17.1 Å². The van der Waals surface area contributed by atoms with E-state index in [1.54, 1.807) is 11.8 Å². The number of nitrogens with two attached hydrogens (primary N) is 1.